The van der Waals surface area contributed by atoms with Crippen molar-refractivity contribution < 1.29 is 9.90 Å². The maximum Gasteiger partial charge on any atom is 0.317 e. The van der Waals surface area contributed by atoms with Crippen LogP contribution in [0.1, 0.15) is 6.42 Å². The molecule has 0 bridgehead atoms. The molecule has 1 fully saturated rings. The molecule has 0 spiro atoms. The Bertz CT molecular complexity index is 151. The smallest absolute Gasteiger partial charge is 0.317 e. The van der Waals surface area contributed by atoms with E-state index in [0.717, 1.165) is 29.9 Å². The first-order valence-electron chi connectivity index (χ1n) is 3.72. The van der Waals surface area contributed by atoms with Crippen LogP contribution in [-0.4, -0.2) is 40.0 Å². The fraction of sp³-hybridized carbons (Fsp3) is 0.857. The molecule has 1 unspecified atom stereocenters. The lowest BCUT2D eigenvalue weighted by Crippen LogP contribution is -2.27. The van der Waals surface area contributed by atoms with Crippen LogP contribution in [0.15, 0.2) is 0 Å². The summed E-state index contributed by atoms with van der Waals surface area (Å²) in [7, 11) is 0. The van der Waals surface area contributed by atoms with Gasteiger partial charge in [-0.1, -0.05) is 22.6 Å². The van der Waals surface area contributed by atoms with Crippen LogP contribution in [0, 0.1) is 5.92 Å². The maximum absolute atomic E-state index is 10.3. The van der Waals surface area contributed by atoms with Gasteiger partial charge in [0, 0.05) is 11.0 Å². The number of carbonyl (C=O) groups is 1. The second-order valence-corrected chi connectivity index (χ2v) is 3.82. The summed E-state index contributed by atoms with van der Waals surface area (Å²) < 4.78 is 1.15. The largest absolute Gasteiger partial charge is 0.480 e. The van der Waals surface area contributed by atoms with Crippen LogP contribution < -0.4 is 0 Å². The zero-order valence-electron chi connectivity index (χ0n) is 6.29. The number of carboxylic acid groups (broad SMARTS) is 1. The fourth-order valence-corrected chi connectivity index (χ4v) is 2.09. The Labute approximate surface area is 79.9 Å². The standard InChI is InChI=1S/C7H12INO2/c8-3-6-1-2-9(4-6)5-7(10)11/h6H,1-5H2,(H,10,11). The first kappa shape index (κ1) is 9.25. The van der Waals surface area contributed by atoms with E-state index in [1.54, 1.807) is 0 Å². The van der Waals surface area contributed by atoms with Crippen LogP contribution >= 0.6 is 22.6 Å². The van der Waals surface area contributed by atoms with Gasteiger partial charge in [-0.15, -0.1) is 0 Å². The van der Waals surface area contributed by atoms with E-state index in [2.05, 4.69) is 22.6 Å². The highest BCUT2D eigenvalue weighted by Gasteiger charge is 2.22. The van der Waals surface area contributed by atoms with Crippen LogP contribution in [0.2, 0.25) is 0 Å². The van der Waals surface area contributed by atoms with E-state index in [-0.39, 0.29) is 6.54 Å². The molecule has 1 atom stereocenters. The summed E-state index contributed by atoms with van der Waals surface area (Å²) >= 11 is 2.36. The number of halogens is 1. The molecule has 4 heteroatoms. The fourth-order valence-electron chi connectivity index (χ4n) is 1.37. The molecule has 1 heterocycles. The number of rotatable bonds is 3. The van der Waals surface area contributed by atoms with Crippen LogP contribution in [0.3, 0.4) is 0 Å². The molecule has 11 heavy (non-hydrogen) atoms. The zero-order valence-corrected chi connectivity index (χ0v) is 8.45. The highest BCUT2D eigenvalue weighted by molar-refractivity contribution is 14.1. The minimum absolute atomic E-state index is 0.215. The van der Waals surface area contributed by atoms with Gasteiger partial charge in [0.05, 0.1) is 6.54 Å². The van der Waals surface area contributed by atoms with Gasteiger partial charge in [-0.05, 0) is 18.9 Å². The molecule has 0 aliphatic carbocycles. The summed E-state index contributed by atoms with van der Waals surface area (Å²) in [5.74, 6) is 0.00839. The van der Waals surface area contributed by atoms with Gasteiger partial charge in [0.2, 0.25) is 0 Å². The highest BCUT2D eigenvalue weighted by Crippen LogP contribution is 2.17. The molecule has 1 aliphatic rings. The number of likely N-dealkylation sites (tertiary alicyclic amines) is 1. The average Bonchev–Trinajstić information content (AvgIpc) is 2.34. The molecule has 0 aromatic heterocycles. The van der Waals surface area contributed by atoms with E-state index in [0.29, 0.717) is 0 Å². The van der Waals surface area contributed by atoms with E-state index in [1.807, 2.05) is 4.90 Å². The molecule has 1 N–H and O–H groups in total. The molecule has 0 radical (unpaired) electrons. The third kappa shape index (κ3) is 2.94. The molecular weight excluding hydrogens is 257 g/mol. The zero-order chi connectivity index (χ0) is 8.27. The van der Waals surface area contributed by atoms with Gasteiger partial charge in [0.15, 0.2) is 0 Å². The summed E-state index contributed by atoms with van der Waals surface area (Å²) in [6.07, 6.45) is 1.16. The lowest BCUT2D eigenvalue weighted by Gasteiger charge is -2.11. The summed E-state index contributed by atoms with van der Waals surface area (Å²) in [5.41, 5.74) is 0. The normalized spacial score (nSPS) is 25.7. The molecule has 3 nitrogen and oxygen atoms in total. The third-order valence-electron chi connectivity index (χ3n) is 1.95. The van der Waals surface area contributed by atoms with Crippen LogP contribution in [0.4, 0.5) is 0 Å². The number of carboxylic acids is 1. The Hall–Kier alpha value is 0.160. The number of nitrogens with zero attached hydrogens (tertiary/aromatic N) is 1. The Kier molecular flexibility index (Phi) is 3.58. The summed E-state index contributed by atoms with van der Waals surface area (Å²) in [6.45, 7) is 2.14. The molecule has 0 aromatic rings. The van der Waals surface area contributed by atoms with Gasteiger partial charge >= 0.3 is 5.97 Å². The van der Waals surface area contributed by atoms with Gasteiger partial charge in [-0.3, -0.25) is 9.69 Å². The van der Waals surface area contributed by atoms with Gasteiger partial charge in [-0.25, -0.2) is 0 Å². The topological polar surface area (TPSA) is 40.5 Å². The molecule has 0 saturated carbocycles. The van der Waals surface area contributed by atoms with Crippen molar-refractivity contribution in [1.82, 2.24) is 4.90 Å². The van der Waals surface area contributed by atoms with Gasteiger partial charge in [0.1, 0.15) is 0 Å². The lowest BCUT2D eigenvalue weighted by molar-refractivity contribution is -0.138. The van der Waals surface area contributed by atoms with Crippen molar-refractivity contribution in [1.29, 1.82) is 0 Å². The van der Waals surface area contributed by atoms with Gasteiger partial charge < -0.3 is 5.11 Å². The van der Waals surface area contributed by atoms with Crippen LogP contribution in [0.5, 0.6) is 0 Å². The predicted octanol–water partition coefficient (Wildman–Crippen LogP) is 0.828. The number of aliphatic carboxylic acids is 1. The molecule has 0 amide bonds. The number of alkyl halides is 1. The number of hydrogen-bond acceptors (Lipinski definition) is 2. The summed E-state index contributed by atoms with van der Waals surface area (Å²) in [4.78, 5) is 12.3. The summed E-state index contributed by atoms with van der Waals surface area (Å²) in [6, 6.07) is 0. The van der Waals surface area contributed by atoms with Crippen molar-refractivity contribution in [3.63, 3.8) is 0 Å². The Morgan fingerprint density at radius 3 is 2.91 bits per heavy atom. The molecule has 0 aromatic carbocycles. The van der Waals surface area contributed by atoms with Gasteiger partial charge in [0.25, 0.3) is 0 Å². The van der Waals surface area contributed by atoms with Crippen LogP contribution in [-0.2, 0) is 4.79 Å². The molecular formula is C7H12INO2. The molecule has 1 rings (SSSR count). The summed E-state index contributed by atoms with van der Waals surface area (Å²) in [5, 5.41) is 8.49. The molecule has 64 valence electrons. The predicted molar refractivity (Wildman–Crippen MR) is 51.1 cm³/mol. The van der Waals surface area contributed by atoms with E-state index in [9.17, 15) is 4.79 Å². The Balaban J connectivity index is 2.24. The average molecular weight is 269 g/mol. The first-order chi connectivity index (χ1) is 5.22. The van der Waals surface area contributed by atoms with E-state index >= 15 is 0 Å². The lowest BCUT2D eigenvalue weighted by atomic mass is 10.2. The van der Waals surface area contributed by atoms with Gasteiger partial charge in [-0.2, -0.15) is 0 Å². The van der Waals surface area contributed by atoms with E-state index in [1.165, 1.54) is 0 Å². The third-order valence-corrected chi connectivity index (χ3v) is 3.19. The maximum atomic E-state index is 10.3. The van der Waals surface area contributed by atoms with Crippen molar-refractivity contribution in [2.24, 2.45) is 5.92 Å². The minimum Gasteiger partial charge on any atom is -0.480 e. The van der Waals surface area contributed by atoms with Crippen molar-refractivity contribution in [2.75, 3.05) is 24.1 Å². The Morgan fingerprint density at radius 1 is 1.73 bits per heavy atom. The second kappa shape index (κ2) is 4.25. The van der Waals surface area contributed by atoms with Crippen molar-refractivity contribution in [3.05, 3.63) is 0 Å². The number of hydrogen-bond donors (Lipinski definition) is 1. The van der Waals surface area contributed by atoms with Crippen molar-refractivity contribution in [3.8, 4) is 0 Å². The quantitative estimate of drug-likeness (QED) is 0.609. The SMILES string of the molecule is O=C(O)CN1CCC(CI)C1. The monoisotopic (exact) mass is 269 g/mol. The van der Waals surface area contributed by atoms with Crippen molar-refractivity contribution in [2.45, 2.75) is 6.42 Å². The highest BCUT2D eigenvalue weighted by atomic mass is 127. The first-order valence-corrected chi connectivity index (χ1v) is 5.25. The van der Waals surface area contributed by atoms with E-state index < -0.39 is 5.97 Å². The molecule has 1 saturated heterocycles. The van der Waals surface area contributed by atoms with Crippen molar-refractivity contribution >= 4 is 28.6 Å². The van der Waals surface area contributed by atoms with E-state index in [4.69, 9.17) is 5.11 Å². The molecule has 1 aliphatic heterocycles. The minimum atomic E-state index is -0.709. The second-order valence-electron chi connectivity index (χ2n) is 2.94. The van der Waals surface area contributed by atoms with Crippen LogP contribution in [0.25, 0.3) is 0 Å². The Morgan fingerprint density at radius 2 is 2.45 bits per heavy atom.